The minimum Gasteiger partial charge on any atom is -0.339 e. The number of hydrogen-bond acceptors (Lipinski definition) is 4. The van der Waals surface area contributed by atoms with Gasteiger partial charge in [-0.25, -0.2) is 0 Å². The van der Waals surface area contributed by atoms with E-state index in [4.69, 9.17) is 0 Å². The molecule has 152 valence electrons. The Morgan fingerprint density at radius 1 is 0.931 bits per heavy atom. The van der Waals surface area contributed by atoms with Gasteiger partial charge in [-0.15, -0.1) is 0 Å². The maximum absolute atomic E-state index is 11.9. The Hall–Kier alpha value is -2.50. The topological polar surface area (TPSA) is 54.3 Å². The summed E-state index contributed by atoms with van der Waals surface area (Å²) < 4.78 is 2.31. The number of carbonyl (C=O) groups excluding carboxylic acids is 2. The van der Waals surface area contributed by atoms with Gasteiger partial charge in [0, 0.05) is 52.1 Å². The summed E-state index contributed by atoms with van der Waals surface area (Å²) in [5.41, 5.74) is 3.62. The van der Waals surface area contributed by atoms with Gasteiger partial charge in [0.25, 0.3) is 0 Å². The lowest BCUT2D eigenvalue weighted by molar-refractivity contribution is 0.100. The van der Waals surface area contributed by atoms with E-state index in [9.17, 15) is 9.59 Å². The van der Waals surface area contributed by atoms with Gasteiger partial charge in [-0.3, -0.25) is 9.59 Å². The van der Waals surface area contributed by atoms with Crippen molar-refractivity contribution in [3.05, 3.63) is 47.5 Å². The molecule has 2 heterocycles. The van der Waals surface area contributed by atoms with Gasteiger partial charge in [0.2, 0.25) is 0 Å². The van der Waals surface area contributed by atoms with Crippen LogP contribution in [-0.2, 0) is 6.54 Å². The molecule has 0 spiro atoms. The van der Waals surface area contributed by atoms with Crippen molar-refractivity contribution in [1.29, 1.82) is 0 Å². The first-order chi connectivity index (χ1) is 13.9. The van der Waals surface area contributed by atoms with Crippen LogP contribution in [0.3, 0.4) is 0 Å². The molecule has 1 aliphatic rings. The molecule has 1 saturated heterocycles. The van der Waals surface area contributed by atoms with Crippen molar-refractivity contribution in [2.45, 2.75) is 39.3 Å². The standard InChI is InChI=1S/C24H29N3O2/c1-16(28)18-4-6-23-21(14-18)22-15-19(17(2)29)5-7-24(22)27(23)13-10-25-20-8-11-26(3)12-9-20/h4-7,14-15,20,25H,8-13H2,1-3H3. The van der Waals surface area contributed by atoms with E-state index in [1.807, 2.05) is 36.4 Å². The molecule has 1 aromatic heterocycles. The number of piperidine rings is 1. The number of likely N-dealkylation sites (tertiary alicyclic amines) is 1. The average Bonchev–Trinajstić information content (AvgIpc) is 3.02. The zero-order valence-electron chi connectivity index (χ0n) is 17.5. The highest BCUT2D eigenvalue weighted by molar-refractivity contribution is 6.12. The summed E-state index contributed by atoms with van der Waals surface area (Å²) in [6, 6.07) is 12.4. The van der Waals surface area contributed by atoms with Gasteiger partial charge in [0.05, 0.1) is 0 Å². The van der Waals surface area contributed by atoms with Gasteiger partial charge in [-0.1, -0.05) is 0 Å². The Morgan fingerprint density at radius 3 is 1.93 bits per heavy atom. The van der Waals surface area contributed by atoms with Gasteiger partial charge in [0.15, 0.2) is 11.6 Å². The molecule has 5 nitrogen and oxygen atoms in total. The number of nitrogens with one attached hydrogen (secondary N) is 1. The lowest BCUT2D eigenvalue weighted by atomic mass is 10.0. The minimum atomic E-state index is 0.0551. The van der Waals surface area contributed by atoms with Crippen LogP contribution < -0.4 is 5.32 Å². The van der Waals surface area contributed by atoms with Crippen LogP contribution in [0.2, 0.25) is 0 Å². The number of carbonyl (C=O) groups is 2. The number of fused-ring (bicyclic) bond motifs is 3. The zero-order chi connectivity index (χ0) is 20.5. The lowest BCUT2D eigenvalue weighted by Gasteiger charge is -2.29. The number of Topliss-reactive ketones (excluding diaryl/α,β-unsaturated/α-hetero) is 2. The van der Waals surface area contributed by atoms with E-state index >= 15 is 0 Å². The van der Waals surface area contributed by atoms with E-state index in [0.29, 0.717) is 17.2 Å². The van der Waals surface area contributed by atoms with E-state index in [1.165, 1.54) is 12.8 Å². The lowest BCUT2D eigenvalue weighted by Crippen LogP contribution is -2.41. The van der Waals surface area contributed by atoms with Gasteiger partial charge < -0.3 is 14.8 Å². The average molecular weight is 392 g/mol. The van der Waals surface area contributed by atoms with Crippen molar-refractivity contribution < 1.29 is 9.59 Å². The van der Waals surface area contributed by atoms with Crippen molar-refractivity contribution in [2.24, 2.45) is 0 Å². The highest BCUT2D eigenvalue weighted by atomic mass is 16.1. The summed E-state index contributed by atoms with van der Waals surface area (Å²) in [7, 11) is 2.18. The minimum absolute atomic E-state index is 0.0551. The van der Waals surface area contributed by atoms with Crippen LogP contribution in [0.5, 0.6) is 0 Å². The fraction of sp³-hybridized carbons (Fsp3) is 0.417. The smallest absolute Gasteiger partial charge is 0.159 e. The molecule has 5 heteroatoms. The molecule has 29 heavy (non-hydrogen) atoms. The van der Waals surface area contributed by atoms with Crippen LogP contribution >= 0.6 is 0 Å². The second-order valence-electron chi connectivity index (χ2n) is 8.26. The van der Waals surface area contributed by atoms with E-state index in [0.717, 1.165) is 48.0 Å². The quantitative estimate of drug-likeness (QED) is 0.648. The Balaban J connectivity index is 1.68. The molecule has 1 aliphatic heterocycles. The summed E-state index contributed by atoms with van der Waals surface area (Å²) >= 11 is 0. The van der Waals surface area contributed by atoms with Crippen LogP contribution in [0, 0.1) is 0 Å². The number of ketones is 2. The molecule has 0 unspecified atom stereocenters. The molecule has 3 aromatic rings. The van der Waals surface area contributed by atoms with Crippen LogP contribution in [0.4, 0.5) is 0 Å². The molecule has 0 bridgehead atoms. The Labute approximate surface area is 171 Å². The summed E-state index contributed by atoms with van der Waals surface area (Å²) in [6.07, 6.45) is 2.38. The molecule has 0 radical (unpaired) electrons. The first-order valence-electron chi connectivity index (χ1n) is 10.4. The maximum atomic E-state index is 11.9. The van der Waals surface area contributed by atoms with Crippen molar-refractivity contribution in [3.8, 4) is 0 Å². The first kappa shape index (κ1) is 19.8. The second-order valence-corrected chi connectivity index (χ2v) is 8.26. The molecular formula is C24H29N3O2. The zero-order valence-corrected chi connectivity index (χ0v) is 17.5. The van der Waals surface area contributed by atoms with Crippen molar-refractivity contribution in [3.63, 3.8) is 0 Å². The molecule has 0 saturated carbocycles. The van der Waals surface area contributed by atoms with E-state index < -0.39 is 0 Å². The van der Waals surface area contributed by atoms with Crippen molar-refractivity contribution >= 4 is 33.4 Å². The SMILES string of the molecule is CC(=O)c1ccc2c(c1)c1cc(C(C)=O)ccc1n2CCNC1CCN(C)CC1. The van der Waals surface area contributed by atoms with Gasteiger partial charge in [-0.05, 0) is 83.2 Å². The van der Waals surface area contributed by atoms with Crippen LogP contribution in [-0.4, -0.2) is 53.8 Å². The van der Waals surface area contributed by atoms with E-state index in [1.54, 1.807) is 13.8 Å². The molecular weight excluding hydrogens is 362 g/mol. The van der Waals surface area contributed by atoms with Crippen LogP contribution in [0.15, 0.2) is 36.4 Å². The number of aromatic nitrogens is 1. The summed E-state index contributed by atoms with van der Waals surface area (Å²) in [6.45, 7) is 7.23. The molecule has 4 rings (SSSR count). The number of rotatable bonds is 6. The Bertz CT molecular complexity index is 1000. The molecule has 0 aliphatic carbocycles. The Kier molecular flexibility index (Phi) is 5.52. The number of benzene rings is 2. The summed E-state index contributed by atoms with van der Waals surface area (Å²) in [5.74, 6) is 0.110. The largest absolute Gasteiger partial charge is 0.339 e. The fourth-order valence-electron chi connectivity index (χ4n) is 4.38. The van der Waals surface area contributed by atoms with Crippen molar-refractivity contribution in [2.75, 3.05) is 26.7 Å². The van der Waals surface area contributed by atoms with E-state index in [-0.39, 0.29) is 11.6 Å². The number of hydrogen-bond donors (Lipinski definition) is 1. The van der Waals surface area contributed by atoms with Gasteiger partial charge in [0.1, 0.15) is 0 Å². The summed E-state index contributed by atoms with van der Waals surface area (Å²) in [5, 5.41) is 5.79. The normalized spacial score (nSPS) is 16.0. The fourth-order valence-corrected chi connectivity index (χ4v) is 4.38. The second kappa shape index (κ2) is 8.09. The number of nitrogens with zero attached hydrogens (tertiary/aromatic N) is 2. The van der Waals surface area contributed by atoms with Crippen LogP contribution in [0.1, 0.15) is 47.4 Å². The monoisotopic (exact) mass is 391 g/mol. The van der Waals surface area contributed by atoms with Gasteiger partial charge in [-0.2, -0.15) is 0 Å². The van der Waals surface area contributed by atoms with Gasteiger partial charge >= 0.3 is 0 Å². The third-order valence-electron chi connectivity index (χ3n) is 6.16. The predicted octanol–water partition coefficient (Wildman–Crippen LogP) is 3.88. The molecule has 0 atom stereocenters. The van der Waals surface area contributed by atoms with E-state index in [2.05, 4.69) is 21.8 Å². The predicted molar refractivity (Wildman–Crippen MR) is 118 cm³/mol. The molecule has 2 aromatic carbocycles. The Morgan fingerprint density at radius 2 is 1.45 bits per heavy atom. The maximum Gasteiger partial charge on any atom is 0.159 e. The highest BCUT2D eigenvalue weighted by Gasteiger charge is 2.17. The van der Waals surface area contributed by atoms with Crippen LogP contribution in [0.25, 0.3) is 21.8 Å². The summed E-state index contributed by atoms with van der Waals surface area (Å²) in [4.78, 5) is 26.2. The third kappa shape index (κ3) is 3.98. The first-order valence-corrected chi connectivity index (χ1v) is 10.4. The highest BCUT2D eigenvalue weighted by Crippen LogP contribution is 2.31. The molecule has 1 fully saturated rings. The molecule has 1 N–H and O–H groups in total. The van der Waals surface area contributed by atoms with Crippen molar-refractivity contribution in [1.82, 2.24) is 14.8 Å². The third-order valence-corrected chi connectivity index (χ3v) is 6.16. The molecule has 0 amide bonds.